The van der Waals surface area contributed by atoms with E-state index in [4.69, 9.17) is 18.6 Å². The van der Waals surface area contributed by atoms with Crippen LogP contribution in [0.2, 0.25) is 0 Å². The molecule has 0 spiro atoms. The summed E-state index contributed by atoms with van der Waals surface area (Å²) in [6.45, 7) is 0. The summed E-state index contributed by atoms with van der Waals surface area (Å²) >= 11 is 0. The first kappa shape index (κ1) is 16.8. The van der Waals surface area contributed by atoms with Crippen molar-refractivity contribution in [3.05, 3.63) is 42.7 Å². The molecule has 0 atom stereocenters. The van der Waals surface area contributed by atoms with Gasteiger partial charge in [0.2, 0.25) is 5.75 Å². The Morgan fingerprint density at radius 2 is 1.81 bits per heavy atom. The second-order valence-electron chi connectivity index (χ2n) is 5.71. The van der Waals surface area contributed by atoms with Gasteiger partial charge in [-0.25, -0.2) is 4.98 Å². The summed E-state index contributed by atoms with van der Waals surface area (Å²) < 4.78 is 22.1. The Kier molecular flexibility index (Phi) is 4.29. The van der Waals surface area contributed by atoms with Gasteiger partial charge in [-0.2, -0.15) is 5.10 Å². The molecular weight excluding hydrogens is 348 g/mol. The van der Waals surface area contributed by atoms with Crippen LogP contribution in [0.4, 0.5) is 11.7 Å². The molecule has 0 amide bonds. The lowest BCUT2D eigenvalue weighted by molar-refractivity contribution is 0.325. The second-order valence-corrected chi connectivity index (χ2v) is 5.71. The highest BCUT2D eigenvalue weighted by atomic mass is 16.5. The third kappa shape index (κ3) is 3.01. The number of hydrogen-bond acceptors (Lipinski definition) is 7. The number of fused-ring (bicyclic) bond motifs is 1. The van der Waals surface area contributed by atoms with Gasteiger partial charge in [-0.15, -0.1) is 0 Å². The maximum atomic E-state index is 5.86. The number of oxazole rings is 1. The van der Waals surface area contributed by atoms with Crippen LogP contribution in [0.25, 0.3) is 22.2 Å². The predicted octanol–water partition coefficient (Wildman–Crippen LogP) is 3.99. The van der Waals surface area contributed by atoms with E-state index in [1.54, 1.807) is 39.8 Å². The number of rotatable bonds is 6. The minimum Gasteiger partial charge on any atom is -0.493 e. The quantitative estimate of drug-likeness (QED) is 0.533. The Bertz CT molecular complexity index is 1090. The number of benzene rings is 2. The lowest BCUT2D eigenvalue weighted by Crippen LogP contribution is -1.96. The van der Waals surface area contributed by atoms with Crippen LogP contribution >= 0.6 is 0 Å². The van der Waals surface area contributed by atoms with Crippen molar-refractivity contribution in [2.45, 2.75) is 0 Å². The van der Waals surface area contributed by atoms with E-state index in [0.29, 0.717) is 34.6 Å². The lowest BCUT2D eigenvalue weighted by Gasteiger charge is -2.14. The van der Waals surface area contributed by atoms with Crippen LogP contribution in [0.3, 0.4) is 0 Å². The van der Waals surface area contributed by atoms with Crippen molar-refractivity contribution in [3.63, 3.8) is 0 Å². The van der Waals surface area contributed by atoms with Crippen molar-refractivity contribution in [2.75, 3.05) is 26.6 Å². The molecule has 2 aromatic carbocycles. The topological polar surface area (TPSA) is 94.4 Å². The molecular formula is C19H18N4O4. The van der Waals surface area contributed by atoms with Gasteiger partial charge in [0.1, 0.15) is 0 Å². The third-order valence-electron chi connectivity index (χ3n) is 4.17. The number of nitrogens with zero attached hydrogens (tertiary/aromatic N) is 2. The molecule has 2 N–H and O–H groups in total. The summed E-state index contributed by atoms with van der Waals surface area (Å²) in [5.74, 6) is 2.12. The minimum absolute atomic E-state index is 0.365. The maximum absolute atomic E-state index is 5.86. The SMILES string of the molecule is COc1ccc(-c2cnc(Nc3ccc4[nH]ncc4c3)o2)c(OC)c1OC. The monoisotopic (exact) mass is 366 g/mol. The average molecular weight is 366 g/mol. The number of H-pyrrole nitrogens is 1. The van der Waals surface area contributed by atoms with E-state index in [1.165, 1.54) is 0 Å². The molecule has 0 unspecified atom stereocenters. The molecule has 138 valence electrons. The molecule has 0 fully saturated rings. The summed E-state index contributed by atoms with van der Waals surface area (Å²) in [5, 5.41) is 11.1. The molecule has 2 aromatic heterocycles. The summed E-state index contributed by atoms with van der Waals surface area (Å²) in [5.41, 5.74) is 2.52. The van der Waals surface area contributed by atoms with Crippen molar-refractivity contribution in [1.82, 2.24) is 15.2 Å². The summed E-state index contributed by atoms with van der Waals surface area (Å²) in [7, 11) is 4.70. The molecule has 8 nitrogen and oxygen atoms in total. The van der Waals surface area contributed by atoms with Gasteiger partial charge >= 0.3 is 0 Å². The molecule has 4 rings (SSSR count). The maximum Gasteiger partial charge on any atom is 0.299 e. The van der Waals surface area contributed by atoms with Gasteiger partial charge in [-0.1, -0.05) is 0 Å². The van der Waals surface area contributed by atoms with E-state index in [-0.39, 0.29) is 0 Å². The normalized spacial score (nSPS) is 10.8. The summed E-state index contributed by atoms with van der Waals surface area (Å²) in [6, 6.07) is 9.80. The van der Waals surface area contributed by atoms with Crippen LogP contribution in [0, 0.1) is 0 Å². The minimum atomic E-state index is 0.365. The molecule has 0 bridgehead atoms. The molecule has 0 aliphatic rings. The lowest BCUT2D eigenvalue weighted by atomic mass is 10.1. The number of nitrogens with one attached hydrogen (secondary N) is 2. The molecule has 0 radical (unpaired) electrons. The van der Waals surface area contributed by atoms with Crippen molar-refractivity contribution in [3.8, 4) is 28.6 Å². The molecule has 0 aliphatic heterocycles. The van der Waals surface area contributed by atoms with Crippen LogP contribution in [-0.2, 0) is 0 Å². The Balaban J connectivity index is 1.66. The molecule has 4 aromatic rings. The number of aromatic nitrogens is 3. The van der Waals surface area contributed by atoms with Crippen molar-refractivity contribution in [2.24, 2.45) is 0 Å². The van der Waals surface area contributed by atoms with E-state index >= 15 is 0 Å². The zero-order valence-corrected chi connectivity index (χ0v) is 15.1. The standard InChI is InChI=1S/C19H18N4O4/c1-24-15-7-5-13(17(25-2)18(15)26-3)16-10-20-19(27-16)22-12-4-6-14-11(8-12)9-21-23-14/h4-10H,1-3H3,(H,20,22)(H,21,23). The van der Waals surface area contributed by atoms with E-state index in [1.807, 2.05) is 24.3 Å². The van der Waals surface area contributed by atoms with Gasteiger partial charge in [0.15, 0.2) is 17.3 Å². The van der Waals surface area contributed by atoms with Gasteiger partial charge in [0.05, 0.1) is 44.8 Å². The smallest absolute Gasteiger partial charge is 0.299 e. The van der Waals surface area contributed by atoms with Crippen LogP contribution in [0.15, 0.2) is 47.1 Å². The Morgan fingerprint density at radius 1 is 0.963 bits per heavy atom. The van der Waals surface area contributed by atoms with Crippen molar-refractivity contribution < 1.29 is 18.6 Å². The Hall–Kier alpha value is -3.68. The molecule has 0 aliphatic carbocycles. The zero-order chi connectivity index (χ0) is 18.8. The molecule has 27 heavy (non-hydrogen) atoms. The largest absolute Gasteiger partial charge is 0.493 e. The van der Waals surface area contributed by atoms with Gasteiger partial charge in [0.25, 0.3) is 6.01 Å². The first-order valence-corrected chi connectivity index (χ1v) is 8.19. The molecule has 8 heteroatoms. The first-order chi connectivity index (χ1) is 13.2. The fourth-order valence-electron chi connectivity index (χ4n) is 2.90. The second kappa shape index (κ2) is 6.91. The number of aromatic amines is 1. The number of anilines is 2. The van der Waals surface area contributed by atoms with Crippen molar-refractivity contribution in [1.29, 1.82) is 0 Å². The highest BCUT2D eigenvalue weighted by Crippen LogP contribution is 2.44. The van der Waals surface area contributed by atoms with Crippen LogP contribution < -0.4 is 19.5 Å². The van der Waals surface area contributed by atoms with E-state index < -0.39 is 0 Å². The molecule has 0 saturated carbocycles. The summed E-state index contributed by atoms with van der Waals surface area (Å²) in [4.78, 5) is 4.30. The number of ether oxygens (including phenoxy) is 3. The highest BCUT2D eigenvalue weighted by Gasteiger charge is 2.19. The van der Waals surface area contributed by atoms with Gasteiger partial charge in [0, 0.05) is 11.1 Å². The summed E-state index contributed by atoms with van der Waals surface area (Å²) in [6.07, 6.45) is 3.39. The van der Waals surface area contributed by atoms with Gasteiger partial charge < -0.3 is 23.9 Å². The zero-order valence-electron chi connectivity index (χ0n) is 15.1. The average Bonchev–Trinajstić information content (AvgIpc) is 3.35. The molecule has 0 saturated heterocycles. The van der Waals surface area contributed by atoms with E-state index in [2.05, 4.69) is 20.5 Å². The first-order valence-electron chi connectivity index (χ1n) is 8.19. The van der Waals surface area contributed by atoms with Crippen molar-refractivity contribution >= 4 is 22.6 Å². The van der Waals surface area contributed by atoms with Crippen LogP contribution in [0.5, 0.6) is 17.2 Å². The van der Waals surface area contributed by atoms with Crippen LogP contribution in [0.1, 0.15) is 0 Å². The fraction of sp³-hybridized carbons (Fsp3) is 0.158. The van der Waals surface area contributed by atoms with Gasteiger partial charge in [-0.05, 0) is 30.3 Å². The Morgan fingerprint density at radius 3 is 2.59 bits per heavy atom. The highest BCUT2D eigenvalue weighted by molar-refractivity contribution is 5.82. The van der Waals surface area contributed by atoms with E-state index in [9.17, 15) is 0 Å². The van der Waals surface area contributed by atoms with Crippen LogP contribution in [-0.4, -0.2) is 36.5 Å². The van der Waals surface area contributed by atoms with E-state index in [0.717, 1.165) is 16.6 Å². The molecule has 2 heterocycles. The Labute approximate surface area is 155 Å². The number of methoxy groups -OCH3 is 3. The fourth-order valence-corrected chi connectivity index (χ4v) is 2.90. The third-order valence-corrected chi connectivity index (χ3v) is 4.17. The predicted molar refractivity (Wildman–Crippen MR) is 101 cm³/mol. The van der Waals surface area contributed by atoms with Gasteiger partial charge in [-0.3, -0.25) is 5.10 Å². The number of hydrogen-bond donors (Lipinski definition) is 2.